The van der Waals surface area contributed by atoms with Gasteiger partial charge in [0.25, 0.3) is 0 Å². The van der Waals surface area contributed by atoms with E-state index in [4.69, 9.17) is 5.26 Å². The molecule has 4 nitrogen and oxygen atoms in total. The van der Waals surface area contributed by atoms with Gasteiger partial charge in [-0.15, -0.1) is 0 Å². The summed E-state index contributed by atoms with van der Waals surface area (Å²) < 4.78 is 22.5. The van der Waals surface area contributed by atoms with Crippen LogP contribution in [-0.4, -0.2) is 26.0 Å². The standard InChI is InChI=1S/C11H12N2O2S/c12-7-9-1-3-10(4-2-9)13-11-5-6-16(14,15)8-11/h1-4,11,13H,5-6,8H2. The Morgan fingerprint density at radius 1 is 1.31 bits per heavy atom. The Balaban J connectivity index is 2.03. The van der Waals surface area contributed by atoms with Crippen LogP contribution in [0.15, 0.2) is 24.3 Å². The smallest absolute Gasteiger partial charge is 0.152 e. The molecule has 1 heterocycles. The summed E-state index contributed by atoms with van der Waals surface area (Å²) in [4.78, 5) is 0. The fourth-order valence-corrected chi connectivity index (χ4v) is 3.46. The minimum absolute atomic E-state index is 0.00191. The van der Waals surface area contributed by atoms with E-state index in [1.807, 2.05) is 6.07 Å². The summed E-state index contributed by atoms with van der Waals surface area (Å²) in [5, 5.41) is 11.8. The fraction of sp³-hybridized carbons (Fsp3) is 0.364. The molecule has 16 heavy (non-hydrogen) atoms. The van der Waals surface area contributed by atoms with Gasteiger partial charge in [0.05, 0.1) is 23.1 Å². The average molecular weight is 236 g/mol. The lowest BCUT2D eigenvalue weighted by molar-refractivity contribution is 0.602. The highest BCUT2D eigenvalue weighted by molar-refractivity contribution is 7.91. The van der Waals surface area contributed by atoms with Gasteiger partial charge in [0.2, 0.25) is 0 Å². The predicted octanol–water partition coefficient (Wildman–Crippen LogP) is 1.16. The van der Waals surface area contributed by atoms with Gasteiger partial charge in [-0.2, -0.15) is 5.26 Å². The predicted molar refractivity (Wildman–Crippen MR) is 61.8 cm³/mol. The maximum absolute atomic E-state index is 11.2. The summed E-state index contributed by atoms with van der Waals surface area (Å²) in [5.41, 5.74) is 1.46. The summed E-state index contributed by atoms with van der Waals surface area (Å²) in [5.74, 6) is 0.466. The van der Waals surface area contributed by atoms with Crippen LogP contribution in [0.4, 0.5) is 5.69 Å². The number of hydrogen-bond acceptors (Lipinski definition) is 4. The Kier molecular flexibility index (Phi) is 2.84. The quantitative estimate of drug-likeness (QED) is 0.836. The van der Waals surface area contributed by atoms with E-state index in [2.05, 4.69) is 5.32 Å². The first-order valence-corrected chi connectivity index (χ1v) is 6.88. The van der Waals surface area contributed by atoms with E-state index in [1.165, 1.54) is 0 Å². The van der Waals surface area contributed by atoms with Gasteiger partial charge in [0.15, 0.2) is 9.84 Å². The Morgan fingerprint density at radius 3 is 2.50 bits per heavy atom. The molecule has 0 spiro atoms. The monoisotopic (exact) mass is 236 g/mol. The lowest BCUT2D eigenvalue weighted by Crippen LogP contribution is -2.20. The summed E-state index contributed by atoms with van der Waals surface area (Å²) >= 11 is 0. The highest BCUT2D eigenvalue weighted by atomic mass is 32.2. The third kappa shape index (κ3) is 2.52. The van der Waals surface area contributed by atoms with Crippen molar-refractivity contribution in [3.05, 3.63) is 29.8 Å². The normalized spacial score (nSPS) is 22.6. The minimum atomic E-state index is -2.84. The van der Waals surface area contributed by atoms with Crippen molar-refractivity contribution in [3.8, 4) is 6.07 Å². The molecule has 1 saturated heterocycles. The van der Waals surface area contributed by atoms with E-state index in [0.29, 0.717) is 12.0 Å². The second-order valence-corrected chi connectivity index (χ2v) is 6.16. The maximum atomic E-state index is 11.2. The lowest BCUT2D eigenvalue weighted by Gasteiger charge is -2.11. The first-order chi connectivity index (χ1) is 7.59. The lowest BCUT2D eigenvalue weighted by atomic mass is 10.2. The van der Waals surface area contributed by atoms with Crippen molar-refractivity contribution in [1.82, 2.24) is 0 Å². The van der Waals surface area contributed by atoms with Gasteiger partial charge in [-0.1, -0.05) is 0 Å². The van der Waals surface area contributed by atoms with E-state index in [-0.39, 0.29) is 17.5 Å². The molecule has 1 aliphatic rings. The van der Waals surface area contributed by atoms with Crippen molar-refractivity contribution in [3.63, 3.8) is 0 Å². The molecule has 0 radical (unpaired) electrons. The Bertz CT molecular complexity index is 514. The van der Waals surface area contributed by atoms with Gasteiger partial charge in [-0.25, -0.2) is 8.42 Å². The van der Waals surface area contributed by atoms with Crippen molar-refractivity contribution in [1.29, 1.82) is 5.26 Å². The molecular weight excluding hydrogens is 224 g/mol. The van der Waals surface area contributed by atoms with Crippen LogP contribution in [0.1, 0.15) is 12.0 Å². The van der Waals surface area contributed by atoms with E-state index in [9.17, 15) is 8.42 Å². The third-order valence-electron chi connectivity index (χ3n) is 2.62. The summed E-state index contributed by atoms with van der Waals surface area (Å²) in [6, 6.07) is 9.05. The minimum Gasteiger partial charge on any atom is -0.381 e. The van der Waals surface area contributed by atoms with Gasteiger partial charge < -0.3 is 5.32 Å². The van der Waals surface area contributed by atoms with Crippen molar-refractivity contribution >= 4 is 15.5 Å². The van der Waals surface area contributed by atoms with Crippen LogP contribution in [0, 0.1) is 11.3 Å². The van der Waals surface area contributed by atoms with E-state index in [0.717, 1.165) is 5.69 Å². The molecule has 0 aliphatic carbocycles. The molecule has 1 aromatic carbocycles. The molecule has 1 unspecified atom stereocenters. The van der Waals surface area contributed by atoms with Crippen molar-refractivity contribution in [2.24, 2.45) is 0 Å². The SMILES string of the molecule is N#Cc1ccc(NC2CCS(=O)(=O)C2)cc1. The van der Waals surface area contributed by atoms with E-state index in [1.54, 1.807) is 24.3 Å². The number of benzene rings is 1. The van der Waals surface area contributed by atoms with Crippen molar-refractivity contribution in [2.75, 3.05) is 16.8 Å². The molecule has 1 aliphatic heterocycles. The number of hydrogen-bond donors (Lipinski definition) is 1. The molecule has 1 atom stereocenters. The molecule has 0 amide bonds. The third-order valence-corrected chi connectivity index (χ3v) is 4.39. The first-order valence-electron chi connectivity index (χ1n) is 5.06. The van der Waals surface area contributed by atoms with Gasteiger partial charge >= 0.3 is 0 Å². The molecule has 84 valence electrons. The first kappa shape index (κ1) is 11.0. The van der Waals surface area contributed by atoms with Crippen molar-refractivity contribution < 1.29 is 8.42 Å². The molecular formula is C11H12N2O2S. The zero-order chi connectivity index (χ0) is 11.6. The number of rotatable bonds is 2. The Morgan fingerprint density at radius 2 is 2.00 bits per heavy atom. The van der Waals surface area contributed by atoms with Crippen LogP contribution < -0.4 is 5.32 Å². The van der Waals surface area contributed by atoms with Crippen LogP contribution in [0.3, 0.4) is 0 Å². The Labute approximate surface area is 94.8 Å². The zero-order valence-electron chi connectivity index (χ0n) is 8.68. The fourth-order valence-electron chi connectivity index (χ4n) is 1.79. The van der Waals surface area contributed by atoms with Crippen LogP contribution in [0.25, 0.3) is 0 Å². The zero-order valence-corrected chi connectivity index (χ0v) is 9.50. The number of nitriles is 1. The van der Waals surface area contributed by atoms with Crippen LogP contribution in [0.5, 0.6) is 0 Å². The second-order valence-electron chi connectivity index (χ2n) is 3.93. The van der Waals surface area contributed by atoms with Crippen LogP contribution in [-0.2, 0) is 9.84 Å². The maximum Gasteiger partial charge on any atom is 0.152 e. The van der Waals surface area contributed by atoms with E-state index < -0.39 is 9.84 Å². The molecule has 0 saturated carbocycles. The average Bonchev–Trinajstić information content (AvgIpc) is 2.59. The summed E-state index contributed by atoms with van der Waals surface area (Å²) in [6.45, 7) is 0. The molecule has 1 N–H and O–H groups in total. The van der Waals surface area contributed by atoms with Crippen LogP contribution in [0.2, 0.25) is 0 Å². The topological polar surface area (TPSA) is 70.0 Å². The molecule has 0 aromatic heterocycles. The largest absolute Gasteiger partial charge is 0.381 e. The van der Waals surface area contributed by atoms with Gasteiger partial charge in [-0.3, -0.25) is 0 Å². The number of nitrogens with one attached hydrogen (secondary N) is 1. The number of nitrogens with zero attached hydrogens (tertiary/aromatic N) is 1. The molecule has 5 heteroatoms. The van der Waals surface area contributed by atoms with Gasteiger partial charge in [-0.05, 0) is 30.7 Å². The summed E-state index contributed by atoms with van der Waals surface area (Å²) in [6.07, 6.45) is 0.655. The molecule has 0 bridgehead atoms. The van der Waals surface area contributed by atoms with E-state index >= 15 is 0 Å². The van der Waals surface area contributed by atoms with Crippen molar-refractivity contribution in [2.45, 2.75) is 12.5 Å². The highest BCUT2D eigenvalue weighted by Gasteiger charge is 2.27. The number of anilines is 1. The number of sulfone groups is 1. The molecule has 1 fully saturated rings. The van der Waals surface area contributed by atoms with Crippen LogP contribution >= 0.6 is 0 Å². The van der Waals surface area contributed by atoms with Gasteiger partial charge in [0, 0.05) is 11.7 Å². The molecule has 2 rings (SSSR count). The highest BCUT2D eigenvalue weighted by Crippen LogP contribution is 2.17. The second kappa shape index (κ2) is 4.14. The Hall–Kier alpha value is -1.54. The summed E-state index contributed by atoms with van der Waals surface area (Å²) in [7, 11) is -2.84. The molecule has 1 aromatic rings. The van der Waals surface area contributed by atoms with Gasteiger partial charge in [0.1, 0.15) is 0 Å².